The van der Waals surface area contributed by atoms with Crippen LogP contribution in [0.3, 0.4) is 0 Å². The molecule has 2 N–H and O–H groups in total. The third-order valence-corrected chi connectivity index (χ3v) is 1.90. The van der Waals surface area contributed by atoms with Gasteiger partial charge in [0, 0.05) is 12.7 Å². The smallest absolute Gasteiger partial charge is 0.330 e. The number of nitrogens with two attached hydrogens (primary N) is 1. The van der Waals surface area contributed by atoms with Crippen molar-refractivity contribution in [1.82, 2.24) is 9.78 Å². The second-order valence-electron chi connectivity index (χ2n) is 3.03. The maximum atomic E-state index is 12.2. The first kappa shape index (κ1) is 14.2. The lowest BCUT2D eigenvalue weighted by Crippen LogP contribution is -2.06. The second-order valence-corrected chi connectivity index (χ2v) is 3.03. The molecule has 0 saturated carbocycles. The third-order valence-electron chi connectivity index (χ3n) is 1.90. The molecule has 15 heavy (non-hydrogen) atoms. The molecule has 88 valence electrons. The van der Waals surface area contributed by atoms with Crippen molar-refractivity contribution in [2.75, 3.05) is 6.54 Å². The summed E-state index contributed by atoms with van der Waals surface area (Å²) in [5.41, 5.74) is 4.98. The number of halogens is 4. The SMILES string of the molecule is Cl.Cn1nc(C(F)(F)F)cc1CCCN. The van der Waals surface area contributed by atoms with E-state index in [2.05, 4.69) is 5.10 Å². The quantitative estimate of drug-likeness (QED) is 0.879. The van der Waals surface area contributed by atoms with E-state index in [4.69, 9.17) is 5.73 Å². The molecule has 0 radical (unpaired) electrons. The number of aromatic nitrogens is 2. The topological polar surface area (TPSA) is 43.8 Å². The van der Waals surface area contributed by atoms with Crippen LogP contribution in [0.15, 0.2) is 6.07 Å². The number of rotatable bonds is 3. The Morgan fingerprint density at radius 2 is 2.07 bits per heavy atom. The molecule has 0 aliphatic rings. The van der Waals surface area contributed by atoms with Crippen LogP contribution in [0.5, 0.6) is 0 Å². The molecule has 1 aromatic rings. The Kier molecular flexibility index (Phi) is 5.10. The molecule has 0 atom stereocenters. The molecule has 7 heteroatoms. The van der Waals surface area contributed by atoms with Gasteiger partial charge in [0.05, 0.1) is 0 Å². The van der Waals surface area contributed by atoms with Crippen molar-refractivity contribution >= 4 is 12.4 Å². The normalized spacial score (nSPS) is 11.3. The highest BCUT2D eigenvalue weighted by Crippen LogP contribution is 2.28. The van der Waals surface area contributed by atoms with Crippen LogP contribution >= 0.6 is 12.4 Å². The van der Waals surface area contributed by atoms with Gasteiger partial charge in [-0.25, -0.2) is 0 Å². The van der Waals surface area contributed by atoms with Crippen molar-refractivity contribution in [3.63, 3.8) is 0 Å². The van der Waals surface area contributed by atoms with Crippen molar-refractivity contribution in [2.45, 2.75) is 19.0 Å². The van der Waals surface area contributed by atoms with Gasteiger partial charge in [0.15, 0.2) is 5.69 Å². The van der Waals surface area contributed by atoms with Gasteiger partial charge in [-0.05, 0) is 25.5 Å². The summed E-state index contributed by atoms with van der Waals surface area (Å²) < 4.78 is 37.9. The Bertz CT molecular complexity index is 309. The van der Waals surface area contributed by atoms with Crippen molar-refractivity contribution < 1.29 is 13.2 Å². The highest BCUT2D eigenvalue weighted by Gasteiger charge is 2.34. The fraction of sp³-hybridized carbons (Fsp3) is 0.625. The van der Waals surface area contributed by atoms with E-state index in [1.54, 1.807) is 0 Å². The van der Waals surface area contributed by atoms with Gasteiger partial charge >= 0.3 is 6.18 Å². The van der Waals surface area contributed by atoms with E-state index in [1.165, 1.54) is 11.7 Å². The van der Waals surface area contributed by atoms with E-state index < -0.39 is 11.9 Å². The molecule has 0 saturated heterocycles. The fourth-order valence-corrected chi connectivity index (χ4v) is 1.16. The Hall–Kier alpha value is -0.750. The number of nitrogens with zero attached hydrogens (tertiary/aromatic N) is 2. The van der Waals surface area contributed by atoms with Crippen LogP contribution in [0, 0.1) is 0 Å². The minimum Gasteiger partial charge on any atom is -0.330 e. The molecule has 0 unspecified atom stereocenters. The summed E-state index contributed by atoms with van der Waals surface area (Å²) in [6.45, 7) is 0.465. The zero-order valence-corrected chi connectivity index (χ0v) is 9.03. The Morgan fingerprint density at radius 3 is 2.47 bits per heavy atom. The molecular formula is C8H13ClF3N3. The van der Waals surface area contributed by atoms with Crippen molar-refractivity contribution in [1.29, 1.82) is 0 Å². The molecule has 1 heterocycles. The van der Waals surface area contributed by atoms with E-state index in [-0.39, 0.29) is 12.4 Å². The Labute approximate surface area is 91.9 Å². The van der Waals surface area contributed by atoms with Crippen LogP contribution in [0.2, 0.25) is 0 Å². The van der Waals surface area contributed by atoms with E-state index in [0.717, 1.165) is 6.07 Å². The standard InChI is InChI=1S/C8H12F3N3.ClH/c1-14-6(3-2-4-12)5-7(13-14)8(9,10)11;/h5H,2-4,12H2,1H3;1H. The van der Waals surface area contributed by atoms with Crippen molar-refractivity contribution in [2.24, 2.45) is 12.8 Å². The van der Waals surface area contributed by atoms with Gasteiger partial charge in [0.25, 0.3) is 0 Å². The van der Waals surface area contributed by atoms with Gasteiger partial charge in [-0.3, -0.25) is 4.68 Å². The minimum absolute atomic E-state index is 0. The van der Waals surface area contributed by atoms with E-state index in [0.29, 0.717) is 25.1 Å². The fourth-order valence-electron chi connectivity index (χ4n) is 1.16. The molecule has 0 aliphatic heterocycles. The molecule has 1 rings (SSSR count). The minimum atomic E-state index is -4.36. The van der Waals surface area contributed by atoms with Crippen LogP contribution < -0.4 is 5.73 Å². The van der Waals surface area contributed by atoms with E-state index >= 15 is 0 Å². The molecule has 0 aliphatic carbocycles. The molecule has 0 fully saturated rings. The summed E-state index contributed by atoms with van der Waals surface area (Å²) in [7, 11) is 1.50. The van der Waals surface area contributed by atoms with Crippen LogP contribution in [-0.4, -0.2) is 16.3 Å². The first-order valence-corrected chi connectivity index (χ1v) is 4.25. The Balaban J connectivity index is 0.00000196. The summed E-state index contributed by atoms with van der Waals surface area (Å²) in [4.78, 5) is 0. The summed E-state index contributed by atoms with van der Waals surface area (Å²) in [6.07, 6.45) is -3.17. The second kappa shape index (κ2) is 5.37. The monoisotopic (exact) mass is 243 g/mol. The molecular weight excluding hydrogens is 231 g/mol. The molecule has 0 amide bonds. The first-order chi connectivity index (χ1) is 6.45. The molecule has 1 aromatic heterocycles. The van der Waals surface area contributed by atoms with Gasteiger partial charge in [-0.2, -0.15) is 18.3 Å². The predicted octanol–water partition coefficient (Wildman–Crippen LogP) is 1.75. The number of alkyl halides is 3. The van der Waals surface area contributed by atoms with Crippen molar-refractivity contribution in [3.8, 4) is 0 Å². The highest BCUT2D eigenvalue weighted by molar-refractivity contribution is 5.85. The van der Waals surface area contributed by atoms with Crippen LogP contribution in [0.25, 0.3) is 0 Å². The molecule has 3 nitrogen and oxygen atoms in total. The van der Waals surface area contributed by atoms with Gasteiger partial charge in [-0.1, -0.05) is 0 Å². The van der Waals surface area contributed by atoms with Gasteiger partial charge in [0.1, 0.15) is 0 Å². The average Bonchev–Trinajstić information content (AvgIpc) is 2.43. The lowest BCUT2D eigenvalue weighted by atomic mass is 10.2. The van der Waals surface area contributed by atoms with E-state index in [9.17, 15) is 13.2 Å². The maximum absolute atomic E-state index is 12.2. The lowest BCUT2D eigenvalue weighted by molar-refractivity contribution is -0.141. The van der Waals surface area contributed by atoms with Crippen LogP contribution in [0.4, 0.5) is 13.2 Å². The molecule has 0 bridgehead atoms. The zero-order chi connectivity index (χ0) is 10.8. The van der Waals surface area contributed by atoms with Crippen molar-refractivity contribution in [3.05, 3.63) is 17.5 Å². The first-order valence-electron chi connectivity index (χ1n) is 4.25. The van der Waals surface area contributed by atoms with E-state index in [1.807, 2.05) is 0 Å². The number of hydrogen-bond donors (Lipinski definition) is 1. The average molecular weight is 244 g/mol. The van der Waals surface area contributed by atoms with Gasteiger partial charge < -0.3 is 5.73 Å². The summed E-state index contributed by atoms with van der Waals surface area (Å²) >= 11 is 0. The summed E-state index contributed by atoms with van der Waals surface area (Å²) in [5, 5.41) is 3.39. The van der Waals surface area contributed by atoms with Gasteiger partial charge in [-0.15, -0.1) is 12.4 Å². The van der Waals surface area contributed by atoms with Crippen LogP contribution in [0.1, 0.15) is 17.8 Å². The highest BCUT2D eigenvalue weighted by atomic mass is 35.5. The van der Waals surface area contributed by atoms with Crippen LogP contribution in [-0.2, 0) is 19.6 Å². The molecule has 0 aromatic carbocycles. The lowest BCUT2D eigenvalue weighted by Gasteiger charge is -1.99. The summed E-state index contributed by atoms with van der Waals surface area (Å²) in [6, 6.07) is 1.07. The van der Waals surface area contributed by atoms with Gasteiger partial charge in [0.2, 0.25) is 0 Å². The Morgan fingerprint density at radius 1 is 1.47 bits per heavy atom. The zero-order valence-electron chi connectivity index (χ0n) is 8.21. The summed E-state index contributed by atoms with van der Waals surface area (Å²) in [5.74, 6) is 0. The number of aryl methyl sites for hydroxylation is 2. The predicted molar refractivity (Wildman–Crippen MR) is 52.8 cm³/mol. The molecule has 0 spiro atoms. The largest absolute Gasteiger partial charge is 0.435 e. The maximum Gasteiger partial charge on any atom is 0.435 e. The third kappa shape index (κ3) is 3.71. The number of hydrogen-bond acceptors (Lipinski definition) is 2.